The zero-order valence-electron chi connectivity index (χ0n) is 11.5. The zero-order valence-corrected chi connectivity index (χ0v) is 13.9. The van der Waals surface area contributed by atoms with Gasteiger partial charge < -0.3 is 9.47 Å². The molecule has 1 heterocycles. The van der Waals surface area contributed by atoms with Gasteiger partial charge in [0.05, 0.1) is 13.2 Å². The van der Waals surface area contributed by atoms with Crippen molar-refractivity contribution in [1.82, 2.24) is 0 Å². The molecule has 1 atom stereocenters. The Hall–Kier alpha value is -1.19. The molecule has 0 amide bonds. The standard InChI is InChI=1S/C17H16BrClO2/c18-10-13-9-14(19)5-6-16(13)21-11-12-7-8-20-17-4-2-1-3-15(12)17/h1-6,9,12H,7-8,10-11H2. The Kier molecular flexibility index (Phi) is 4.71. The summed E-state index contributed by atoms with van der Waals surface area (Å²) in [4.78, 5) is 0. The Morgan fingerprint density at radius 2 is 2.10 bits per heavy atom. The Morgan fingerprint density at radius 1 is 1.24 bits per heavy atom. The fourth-order valence-electron chi connectivity index (χ4n) is 2.57. The fraction of sp³-hybridized carbons (Fsp3) is 0.294. The van der Waals surface area contributed by atoms with E-state index >= 15 is 0 Å². The lowest BCUT2D eigenvalue weighted by Crippen LogP contribution is -2.19. The predicted octanol–water partition coefficient (Wildman–Crippen LogP) is 5.18. The third kappa shape index (κ3) is 3.35. The van der Waals surface area contributed by atoms with Crippen LogP contribution in [0.15, 0.2) is 42.5 Å². The van der Waals surface area contributed by atoms with Gasteiger partial charge in [0.25, 0.3) is 0 Å². The van der Waals surface area contributed by atoms with E-state index in [-0.39, 0.29) is 0 Å². The van der Waals surface area contributed by atoms with Crippen LogP contribution >= 0.6 is 27.5 Å². The number of ether oxygens (including phenoxy) is 2. The SMILES string of the molecule is Clc1ccc(OCC2CCOc3ccccc32)c(CBr)c1. The first-order chi connectivity index (χ1) is 10.3. The molecule has 1 aliphatic rings. The van der Waals surface area contributed by atoms with Crippen LogP contribution in [0.4, 0.5) is 0 Å². The van der Waals surface area contributed by atoms with Gasteiger partial charge in [-0.05, 0) is 30.7 Å². The van der Waals surface area contributed by atoms with Crippen LogP contribution in [0.1, 0.15) is 23.5 Å². The minimum absolute atomic E-state index is 0.369. The molecule has 1 unspecified atom stereocenters. The van der Waals surface area contributed by atoms with Crippen LogP contribution in [0.5, 0.6) is 11.5 Å². The molecule has 2 aromatic carbocycles. The number of para-hydroxylation sites is 1. The van der Waals surface area contributed by atoms with Crippen LogP contribution in [-0.2, 0) is 5.33 Å². The molecule has 110 valence electrons. The van der Waals surface area contributed by atoms with Crippen molar-refractivity contribution in [2.45, 2.75) is 17.7 Å². The quantitative estimate of drug-likeness (QED) is 0.693. The molecule has 0 N–H and O–H groups in total. The zero-order chi connectivity index (χ0) is 14.7. The van der Waals surface area contributed by atoms with E-state index < -0.39 is 0 Å². The summed E-state index contributed by atoms with van der Waals surface area (Å²) in [6, 6.07) is 13.9. The maximum atomic E-state index is 6.04. The number of hydrogen-bond acceptors (Lipinski definition) is 2. The number of fused-ring (bicyclic) bond motifs is 1. The molecule has 0 saturated heterocycles. The van der Waals surface area contributed by atoms with Crippen molar-refractivity contribution in [2.75, 3.05) is 13.2 Å². The lowest BCUT2D eigenvalue weighted by molar-refractivity contribution is 0.217. The van der Waals surface area contributed by atoms with E-state index in [0.29, 0.717) is 12.5 Å². The van der Waals surface area contributed by atoms with Crippen molar-refractivity contribution < 1.29 is 9.47 Å². The van der Waals surface area contributed by atoms with Crippen LogP contribution in [0.3, 0.4) is 0 Å². The molecule has 0 aliphatic carbocycles. The first-order valence-electron chi connectivity index (χ1n) is 6.97. The summed E-state index contributed by atoms with van der Waals surface area (Å²) in [5.74, 6) is 2.24. The lowest BCUT2D eigenvalue weighted by Gasteiger charge is -2.26. The first-order valence-corrected chi connectivity index (χ1v) is 8.47. The molecule has 0 bridgehead atoms. The van der Waals surface area contributed by atoms with Gasteiger partial charge in [-0.25, -0.2) is 0 Å². The summed E-state index contributed by atoms with van der Waals surface area (Å²) in [5.41, 5.74) is 2.31. The summed E-state index contributed by atoms with van der Waals surface area (Å²) >= 11 is 9.49. The van der Waals surface area contributed by atoms with Gasteiger partial charge in [-0.2, -0.15) is 0 Å². The molecule has 1 aliphatic heterocycles. The van der Waals surface area contributed by atoms with E-state index in [4.69, 9.17) is 21.1 Å². The second kappa shape index (κ2) is 6.71. The molecule has 0 aromatic heterocycles. The summed E-state index contributed by atoms with van der Waals surface area (Å²) in [5, 5.41) is 1.46. The van der Waals surface area contributed by atoms with Crippen LogP contribution in [-0.4, -0.2) is 13.2 Å². The Balaban J connectivity index is 1.74. The molecule has 3 rings (SSSR count). The lowest BCUT2D eigenvalue weighted by atomic mass is 9.94. The second-order valence-electron chi connectivity index (χ2n) is 5.07. The average molecular weight is 368 g/mol. The third-order valence-corrected chi connectivity index (χ3v) is 4.53. The highest BCUT2D eigenvalue weighted by Gasteiger charge is 2.21. The smallest absolute Gasteiger partial charge is 0.123 e. The largest absolute Gasteiger partial charge is 0.493 e. The fourth-order valence-corrected chi connectivity index (χ4v) is 3.21. The second-order valence-corrected chi connectivity index (χ2v) is 6.07. The normalized spacial score (nSPS) is 17.0. The van der Waals surface area contributed by atoms with Gasteiger partial charge in [0, 0.05) is 27.4 Å². The maximum absolute atomic E-state index is 6.04. The number of rotatable bonds is 4. The Labute approximate surface area is 138 Å². The van der Waals surface area contributed by atoms with Crippen molar-refractivity contribution in [3.63, 3.8) is 0 Å². The molecular formula is C17H16BrClO2. The van der Waals surface area contributed by atoms with Crippen molar-refractivity contribution in [2.24, 2.45) is 0 Å². The molecular weight excluding hydrogens is 352 g/mol. The minimum Gasteiger partial charge on any atom is -0.493 e. The Bertz CT molecular complexity index is 630. The highest BCUT2D eigenvalue weighted by atomic mass is 79.9. The van der Waals surface area contributed by atoms with Crippen molar-refractivity contribution in [3.05, 3.63) is 58.6 Å². The number of benzene rings is 2. The third-order valence-electron chi connectivity index (χ3n) is 3.69. The number of alkyl halides is 1. The minimum atomic E-state index is 0.369. The maximum Gasteiger partial charge on any atom is 0.123 e. The van der Waals surface area contributed by atoms with Crippen LogP contribution in [0.25, 0.3) is 0 Å². The average Bonchev–Trinajstić information content (AvgIpc) is 2.53. The topological polar surface area (TPSA) is 18.5 Å². The highest BCUT2D eigenvalue weighted by molar-refractivity contribution is 9.08. The molecule has 0 fully saturated rings. The van der Waals surface area contributed by atoms with E-state index in [9.17, 15) is 0 Å². The van der Waals surface area contributed by atoms with E-state index in [2.05, 4.69) is 22.0 Å². The van der Waals surface area contributed by atoms with Gasteiger partial charge in [0.2, 0.25) is 0 Å². The Morgan fingerprint density at radius 3 is 2.95 bits per heavy atom. The van der Waals surface area contributed by atoms with Gasteiger partial charge in [-0.1, -0.05) is 45.7 Å². The van der Waals surface area contributed by atoms with Gasteiger partial charge in [0.1, 0.15) is 11.5 Å². The predicted molar refractivity (Wildman–Crippen MR) is 88.9 cm³/mol. The summed E-state index contributed by atoms with van der Waals surface area (Å²) in [6.45, 7) is 1.40. The molecule has 2 nitrogen and oxygen atoms in total. The molecule has 0 spiro atoms. The first kappa shape index (κ1) is 14.7. The van der Waals surface area contributed by atoms with Crippen LogP contribution in [0.2, 0.25) is 5.02 Å². The highest BCUT2D eigenvalue weighted by Crippen LogP contribution is 2.34. The molecule has 0 saturated carbocycles. The van der Waals surface area contributed by atoms with Crippen molar-refractivity contribution in [1.29, 1.82) is 0 Å². The van der Waals surface area contributed by atoms with Crippen molar-refractivity contribution >= 4 is 27.5 Å². The summed E-state index contributed by atoms with van der Waals surface area (Å²) in [7, 11) is 0. The molecule has 0 radical (unpaired) electrons. The van der Waals surface area contributed by atoms with Crippen molar-refractivity contribution in [3.8, 4) is 11.5 Å². The monoisotopic (exact) mass is 366 g/mol. The summed E-state index contributed by atoms with van der Waals surface area (Å²) < 4.78 is 11.7. The number of hydrogen-bond donors (Lipinski definition) is 0. The van der Waals surface area contributed by atoms with Crippen LogP contribution < -0.4 is 9.47 Å². The summed E-state index contributed by atoms with van der Waals surface area (Å²) in [6.07, 6.45) is 0.980. The number of halogens is 2. The van der Waals surface area contributed by atoms with Crippen LogP contribution in [0, 0.1) is 0 Å². The van der Waals surface area contributed by atoms with Gasteiger partial charge >= 0.3 is 0 Å². The van der Waals surface area contributed by atoms with E-state index in [1.165, 1.54) is 5.56 Å². The van der Waals surface area contributed by atoms with Gasteiger partial charge in [-0.15, -0.1) is 0 Å². The molecule has 2 aromatic rings. The van der Waals surface area contributed by atoms with E-state index in [1.807, 2.05) is 36.4 Å². The van der Waals surface area contributed by atoms with E-state index in [1.54, 1.807) is 0 Å². The van der Waals surface area contributed by atoms with Gasteiger partial charge in [-0.3, -0.25) is 0 Å². The van der Waals surface area contributed by atoms with Gasteiger partial charge in [0.15, 0.2) is 0 Å². The van der Waals surface area contributed by atoms with E-state index in [0.717, 1.165) is 40.4 Å². The molecule has 4 heteroatoms. The molecule has 21 heavy (non-hydrogen) atoms.